The summed E-state index contributed by atoms with van der Waals surface area (Å²) in [6.45, 7) is 7.26. The van der Waals surface area contributed by atoms with Crippen molar-refractivity contribution in [2.45, 2.75) is 51.5 Å². The van der Waals surface area contributed by atoms with Crippen LogP contribution in [0.4, 0.5) is 5.69 Å². The quantitative estimate of drug-likeness (QED) is 0.0907. The van der Waals surface area contributed by atoms with Crippen molar-refractivity contribution in [2.24, 2.45) is 0 Å². The maximum Gasteiger partial charge on any atom is 0.262 e. The third kappa shape index (κ3) is 7.94. The Morgan fingerprint density at radius 3 is 2.13 bits per heavy atom. The lowest BCUT2D eigenvalue weighted by atomic mass is 9.88. The van der Waals surface area contributed by atoms with Crippen LogP contribution < -0.4 is 15.0 Å². The molecule has 1 atom stereocenters. The van der Waals surface area contributed by atoms with Gasteiger partial charge in [-0.25, -0.2) is 0 Å². The van der Waals surface area contributed by atoms with Crippen molar-refractivity contribution in [1.29, 1.82) is 0 Å². The van der Waals surface area contributed by atoms with Gasteiger partial charge in [0.15, 0.2) is 0 Å². The molecule has 0 saturated carbocycles. The highest BCUT2D eigenvalue weighted by Crippen LogP contribution is 2.36. The molecule has 7 rings (SSSR count). The molecule has 54 heavy (non-hydrogen) atoms. The van der Waals surface area contributed by atoms with Crippen molar-refractivity contribution in [3.05, 3.63) is 125 Å². The summed E-state index contributed by atoms with van der Waals surface area (Å²) in [4.78, 5) is 56.0. The van der Waals surface area contributed by atoms with Crippen molar-refractivity contribution in [2.75, 3.05) is 44.2 Å². The number of imide groups is 2. The Labute approximate surface area is 316 Å². The molecule has 4 aromatic carbocycles. The molecule has 0 radical (unpaired) electrons. The second-order valence-electron chi connectivity index (χ2n) is 14.1. The number of phenols is 1. The molecule has 1 unspecified atom stereocenters. The van der Waals surface area contributed by atoms with Crippen LogP contribution in [-0.4, -0.2) is 83.9 Å². The van der Waals surface area contributed by atoms with Gasteiger partial charge in [-0.1, -0.05) is 61.5 Å². The molecule has 0 aliphatic carbocycles. The number of phenolic OH excluding ortho intramolecular Hbond substituents is 1. The average molecular weight is 727 g/mol. The van der Waals surface area contributed by atoms with Gasteiger partial charge in [0.25, 0.3) is 11.8 Å². The number of hydrogen-bond acceptors (Lipinski definition) is 8. The number of rotatable bonds is 13. The number of piperazine rings is 1. The molecular formula is C44H46N4O6. The van der Waals surface area contributed by atoms with Gasteiger partial charge in [-0.15, -0.1) is 0 Å². The first-order valence-electron chi connectivity index (χ1n) is 18.9. The molecule has 3 heterocycles. The molecule has 0 aromatic heterocycles. The number of benzene rings is 4. The van der Waals surface area contributed by atoms with Gasteiger partial charge in [0.05, 0.1) is 17.7 Å². The molecule has 10 nitrogen and oxygen atoms in total. The van der Waals surface area contributed by atoms with Crippen LogP contribution in [0.2, 0.25) is 0 Å². The molecule has 0 spiro atoms. The summed E-state index contributed by atoms with van der Waals surface area (Å²) >= 11 is 0. The summed E-state index contributed by atoms with van der Waals surface area (Å²) in [5.41, 5.74) is 7.23. The lowest BCUT2D eigenvalue weighted by Crippen LogP contribution is -2.54. The van der Waals surface area contributed by atoms with E-state index in [2.05, 4.69) is 58.4 Å². The summed E-state index contributed by atoms with van der Waals surface area (Å²) in [5, 5.41) is 12.2. The Bertz CT molecular complexity index is 2040. The van der Waals surface area contributed by atoms with Crippen LogP contribution in [0.5, 0.6) is 11.5 Å². The number of nitrogens with zero attached hydrogens (tertiary/aromatic N) is 3. The minimum atomic E-state index is -0.964. The zero-order chi connectivity index (χ0) is 37.6. The highest BCUT2D eigenvalue weighted by atomic mass is 16.5. The fourth-order valence-corrected chi connectivity index (χ4v) is 7.72. The van der Waals surface area contributed by atoms with Crippen molar-refractivity contribution < 1.29 is 29.0 Å². The lowest BCUT2D eigenvalue weighted by molar-refractivity contribution is -0.136. The van der Waals surface area contributed by atoms with Gasteiger partial charge < -0.3 is 14.7 Å². The number of piperidine rings is 1. The van der Waals surface area contributed by atoms with E-state index in [1.54, 1.807) is 24.3 Å². The van der Waals surface area contributed by atoms with Crippen LogP contribution >= 0.6 is 0 Å². The normalized spacial score (nSPS) is 18.1. The third-order valence-corrected chi connectivity index (χ3v) is 10.6. The number of hydrogen-bond donors (Lipinski definition) is 2. The van der Waals surface area contributed by atoms with Gasteiger partial charge in [0.1, 0.15) is 17.5 Å². The standard InChI is InChI=1S/C44H46N4O6/c1-2-36(30-9-5-3-6-10-30)41(31-11-16-34(49)17-12-31)32-13-18-35(19-14-32)54-28-8-4-7-23-46-24-26-47(27-25-46)33-15-20-37-38(29-33)44(53)48(43(37)52)39-21-22-40(50)45-42(39)51/h3,5-6,9-20,29,39,49H,2,4,7-8,21-28H2,1H3,(H,45,50,51). The van der Waals surface area contributed by atoms with Gasteiger partial charge >= 0.3 is 0 Å². The predicted molar refractivity (Wildman–Crippen MR) is 208 cm³/mol. The molecule has 10 heteroatoms. The predicted octanol–water partition coefficient (Wildman–Crippen LogP) is 6.53. The van der Waals surface area contributed by atoms with E-state index in [-0.39, 0.29) is 24.5 Å². The van der Waals surface area contributed by atoms with Gasteiger partial charge in [-0.3, -0.25) is 34.3 Å². The first kappa shape index (κ1) is 36.6. The van der Waals surface area contributed by atoms with Gasteiger partial charge in [-0.2, -0.15) is 0 Å². The maximum absolute atomic E-state index is 13.3. The van der Waals surface area contributed by atoms with Gasteiger partial charge in [0, 0.05) is 38.3 Å². The first-order valence-corrected chi connectivity index (χ1v) is 18.9. The Morgan fingerprint density at radius 2 is 1.44 bits per heavy atom. The lowest BCUT2D eigenvalue weighted by Gasteiger charge is -2.36. The number of allylic oxidation sites excluding steroid dienone is 1. The summed E-state index contributed by atoms with van der Waals surface area (Å²) in [6, 6.07) is 30.5. The average Bonchev–Trinajstić information content (AvgIpc) is 3.44. The topological polar surface area (TPSA) is 119 Å². The molecule has 3 aliphatic heterocycles. The van der Waals surface area contributed by atoms with E-state index in [0.29, 0.717) is 17.7 Å². The van der Waals surface area contributed by atoms with Crippen LogP contribution in [-0.2, 0) is 9.59 Å². The Kier molecular flexibility index (Phi) is 11.2. The molecule has 2 saturated heterocycles. The Morgan fingerprint density at radius 1 is 0.759 bits per heavy atom. The van der Waals surface area contributed by atoms with Gasteiger partial charge in [0.2, 0.25) is 11.8 Å². The monoisotopic (exact) mass is 726 g/mol. The molecule has 3 aliphatic rings. The molecule has 4 aromatic rings. The number of amides is 4. The zero-order valence-corrected chi connectivity index (χ0v) is 30.6. The maximum atomic E-state index is 13.3. The number of fused-ring (bicyclic) bond motifs is 1. The number of carbonyl (C=O) groups excluding carboxylic acids is 4. The SMILES string of the molecule is CCC(=C(c1ccc(O)cc1)c1ccc(OCCCCCN2CCN(c3ccc4c(c3)C(=O)N(C3CCC(=O)NC3=O)C4=O)CC2)cc1)c1ccccc1. The van der Waals surface area contributed by atoms with E-state index in [9.17, 15) is 24.3 Å². The molecule has 4 amide bonds. The molecule has 278 valence electrons. The molecule has 0 bridgehead atoms. The molecule has 2 N–H and O–H groups in total. The number of aromatic hydroxyl groups is 1. The number of carbonyl (C=O) groups is 4. The summed E-state index contributed by atoms with van der Waals surface area (Å²) < 4.78 is 6.13. The second kappa shape index (κ2) is 16.5. The van der Waals surface area contributed by atoms with Crippen molar-refractivity contribution in [3.63, 3.8) is 0 Å². The summed E-state index contributed by atoms with van der Waals surface area (Å²) in [6.07, 6.45) is 4.21. The molecule has 2 fully saturated rings. The van der Waals surface area contributed by atoms with Crippen LogP contribution in [0.15, 0.2) is 97.1 Å². The fraction of sp³-hybridized carbons (Fsp3) is 0.318. The van der Waals surface area contributed by atoms with Crippen LogP contribution in [0.3, 0.4) is 0 Å². The largest absolute Gasteiger partial charge is 0.508 e. The number of nitrogens with one attached hydrogen (secondary N) is 1. The van der Waals surface area contributed by atoms with Crippen LogP contribution in [0.1, 0.15) is 82.9 Å². The highest BCUT2D eigenvalue weighted by molar-refractivity contribution is 6.23. The highest BCUT2D eigenvalue weighted by Gasteiger charge is 2.44. The van der Waals surface area contributed by atoms with E-state index in [4.69, 9.17) is 4.74 Å². The van der Waals surface area contributed by atoms with E-state index in [1.165, 1.54) is 11.1 Å². The van der Waals surface area contributed by atoms with Gasteiger partial charge in [-0.05, 0) is 109 Å². The number of ether oxygens (including phenoxy) is 1. The Balaban J connectivity index is 0.863. The van der Waals surface area contributed by atoms with Crippen molar-refractivity contribution in [1.82, 2.24) is 15.1 Å². The fourth-order valence-electron chi connectivity index (χ4n) is 7.72. The second-order valence-corrected chi connectivity index (χ2v) is 14.1. The minimum Gasteiger partial charge on any atom is -0.508 e. The van der Waals surface area contributed by atoms with Crippen LogP contribution in [0, 0.1) is 0 Å². The van der Waals surface area contributed by atoms with E-state index in [1.807, 2.05) is 36.4 Å². The smallest absolute Gasteiger partial charge is 0.262 e. The number of anilines is 1. The minimum absolute atomic E-state index is 0.0982. The van der Waals surface area contributed by atoms with Crippen molar-refractivity contribution >= 4 is 40.5 Å². The van der Waals surface area contributed by atoms with E-state index in [0.717, 1.165) is 91.4 Å². The third-order valence-electron chi connectivity index (χ3n) is 10.6. The summed E-state index contributed by atoms with van der Waals surface area (Å²) in [5.74, 6) is -0.859. The summed E-state index contributed by atoms with van der Waals surface area (Å²) in [7, 11) is 0. The van der Waals surface area contributed by atoms with E-state index < -0.39 is 23.8 Å². The molecular weight excluding hydrogens is 681 g/mol. The first-order chi connectivity index (χ1) is 26.3. The zero-order valence-electron chi connectivity index (χ0n) is 30.6. The van der Waals surface area contributed by atoms with Crippen molar-refractivity contribution in [3.8, 4) is 11.5 Å². The van der Waals surface area contributed by atoms with E-state index >= 15 is 0 Å². The number of unbranched alkanes of at least 4 members (excludes halogenated alkanes) is 2. The Hall–Kier alpha value is -5.74. The van der Waals surface area contributed by atoms with Crippen LogP contribution in [0.25, 0.3) is 11.1 Å².